The van der Waals surface area contributed by atoms with Crippen molar-refractivity contribution in [1.82, 2.24) is 0 Å². The molecular formula is C12H4F5O. The Labute approximate surface area is 98.4 Å². The lowest BCUT2D eigenvalue weighted by Crippen LogP contribution is -1.99. The van der Waals surface area contributed by atoms with Crippen molar-refractivity contribution in [2.45, 2.75) is 0 Å². The van der Waals surface area contributed by atoms with Gasteiger partial charge < -0.3 is 4.74 Å². The Kier molecular flexibility index (Phi) is 3.18. The lowest BCUT2D eigenvalue weighted by atomic mass is 10.3. The maximum absolute atomic E-state index is 13.2. The molecule has 0 aliphatic heterocycles. The van der Waals surface area contributed by atoms with Gasteiger partial charge in [-0.25, -0.2) is 13.2 Å². The Hall–Kier alpha value is -2.11. The number of halogens is 5. The number of hydrogen-bond donors (Lipinski definition) is 0. The molecule has 0 bridgehead atoms. The van der Waals surface area contributed by atoms with Gasteiger partial charge in [0.1, 0.15) is 11.6 Å². The third-order valence-corrected chi connectivity index (χ3v) is 2.02. The van der Waals surface area contributed by atoms with E-state index in [1.165, 1.54) is 6.07 Å². The average Bonchev–Trinajstić information content (AvgIpc) is 2.32. The summed E-state index contributed by atoms with van der Waals surface area (Å²) in [6.07, 6.45) is 0. The van der Waals surface area contributed by atoms with E-state index in [-0.39, 0.29) is 6.07 Å². The highest BCUT2D eigenvalue weighted by Crippen LogP contribution is 2.30. The van der Waals surface area contributed by atoms with Crippen molar-refractivity contribution < 1.29 is 26.7 Å². The number of hydrogen-bond acceptors (Lipinski definition) is 1. The normalized spacial score (nSPS) is 10.5. The minimum atomic E-state index is -1.70. The molecule has 0 aliphatic carbocycles. The van der Waals surface area contributed by atoms with Crippen molar-refractivity contribution >= 4 is 0 Å². The molecule has 0 saturated carbocycles. The van der Waals surface area contributed by atoms with Crippen molar-refractivity contribution in [1.29, 1.82) is 0 Å². The van der Waals surface area contributed by atoms with Crippen LogP contribution in [0.4, 0.5) is 22.0 Å². The summed E-state index contributed by atoms with van der Waals surface area (Å²) < 4.78 is 69.5. The van der Waals surface area contributed by atoms with Crippen LogP contribution in [0.3, 0.4) is 0 Å². The van der Waals surface area contributed by atoms with Crippen LogP contribution in [0.5, 0.6) is 11.5 Å². The third-order valence-electron chi connectivity index (χ3n) is 2.02. The van der Waals surface area contributed by atoms with E-state index in [1.807, 2.05) is 6.07 Å². The first kappa shape index (κ1) is 12.3. The Morgan fingerprint density at radius 1 is 0.889 bits per heavy atom. The first-order valence-corrected chi connectivity index (χ1v) is 4.67. The van der Waals surface area contributed by atoms with Gasteiger partial charge in [-0.1, -0.05) is 6.07 Å². The molecule has 0 amide bonds. The van der Waals surface area contributed by atoms with Crippen LogP contribution < -0.4 is 4.74 Å². The van der Waals surface area contributed by atoms with Gasteiger partial charge in [-0.2, -0.15) is 8.78 Å². The zero-order valence-corrected chi connectivity index (χ0v) is 8.61. The van der Waals surface area contributed by atoms with Gasteiger partial charge in [0.15, 0.2) is 11.6 Å². The molecule has 93 valence electrons. The molecule has 0 aromatic heterocycles. The van der Waals surface area contributed by atoms with Gasteiger partial charge in [0, 0.05) is 6.07 Å². The summed E-state index contributed by atoms with van der Waals surface area (Å²) in [5.41, 5.74) is 0. The molecule has 2 aromatic carbocycles. The second-order valence-electron chi connectivity index (χ2n) is 3.26. The van der Waals surface area contributed by atoms with Gasteiger partial charge in [0.05, 0.1) is 6.07 Å². The van der Waals surface area contributed by atoms with E-state index in [0.29, 0.717) is 0 Å². The van der Waals surface area contributed by atoms with Crippen LogP contribution in [-0.2, 0) is 0 Å². The molecule has 0 aliphatic rings. The van der Waals surface area contributed by atoms with E-state index in [0.717, 1.165) is 12.1 Å². The van der Waals surface area contributed by atoms with Crippen LogP contribution in [0.2, 0.25) is 0 Å². The molecule has 0 N–H and O–H groups in total. The van der Waals surface area contributed by atoms with Gasteiger partial charge in [0.25, 0.3) is 0 Å². The molecule has 1 nitrogen and oxygen atoms in total. The first-order valence-electron chi connectivity index (χ1n) is 4.67. The summed E-state index contributed by atoms with van der Waals surface area (Å²) in [4.78, 5) is 0. The van der Waals surface area contributed by atoms with Gasteiger partial charge in [0.2, 0.25) is 17.4 Å². The fraction of sp³-hybridized carbons (Fsp3) is 0. The number of rotatable bonds is 2. The minimum absolute atomic E-state index is 0.0484. The largest absolute Gasteiger partial charge is 0.450 e. The molecule has 6 heteroatoms. The zero-order valence-electron chi connectivity index (χ0n) is 8.61. The van der Waals surface area contributed by atoms with Crippen LogP contribution in [0.25, 0.3) is 0 Å². The Balaban J connectivity index is 2.46. The summed E-state index contributed by atoms with van der Waals surface area (Å²) in [6, 6.07) is 5.37. The summed E-state index contributed by atoms with van der Waals surface area (Å²) in [7, 11) is 0. The molecule has 0 saturated heterocycles. The lowest BCUT2D eigenvalue weighted by Gasteiger charge is -2.08. The van der Waals surface area contributed by atoms with Crippen LogP contribution in [0.1, 0.15) is 0 Å². The highest BCUT2D eigenvalue weighted by atomic mass is 19.2. The molecule has 0 spiro atoms. The maximum atomic E-state index is 13.2. The molecule has 0 atom stereocenters. The van der Waals surface area contributed by atoms with Gasteiger partial charge in [-0.3, -0.25) is 0 Å². The van der Waals surface area contributed by atoms with Gasteiger partial charge in [-0.05, 0) is 12.1 Å². The van der Waals surface area contributed by atoms with Crippen molar-refractivity contribution in [3.63, 3.8) is 0 Å². The second kappa shape index (κ2) is 4.64. The van der Waals surface area contributed by atoms with E-state index in [1.54, 1.807) is 0 Å². The van der Waals surface area contributed by atoms with E-state index in [4.69, 9.17) is 0 Å². The van der Waals surface area contributed by atoms with E-state index in [2.05, 4.69) is 4.74 Å². The van der Waals surface area contributed by atoms with Gasteiger partial charge in [-0.15, -0.1) is 0 Å². The fourth-order valence-corrected chi connectivity index (χ4v) is 1.23. The summed E-state index contributed by atoms with van der Waals surface area (Å²) in [5.74, 6) is -9.16. The monoisotopic (exact) mass is 259 g/mol. The molecule has 0 unspecified atom stereocenters. The van der Waals surface area contributed by atoms with Crippen molar-refractivity contribution in [2.24, 2.45) is 0 Å². The van der Waals surface area contributed by atoms with Crippen LogP contribution in [-0.4, -0.2) is 0 Å². The van der Waals surface area contributed by atoms with E-state index in [9.17, 15) is 22.0 Å². The van der Waals surface area contributed by atoms with Gasteiger partial charge >= 0.3 is 0 Å². The summed E-state index contributed by atoms with van der Waals surface area (Å²) in [5, 5.41) is 0. The number of benzene rings is 2. The zero-order chi connectivity index (χ0) is 13.3. The molecule has 0 heterocycles. The molecule has 18 heavy (non-hydrogen) atoms. The number of ether oxygens (including phenoxy) is 1. The predicted octanol–water partition coefficient (Wildman–Crippen LogP) is 3.97. The standard InChI is InChI=1S/C12H4F5O/c13-6-2-1-3-7(4-6)18-12-10(16)8(14)5-9(15)11(12)17/h1-3,5H. The third kappa shape index (κ3) is 2.27. The van der Waals surface area contributed by atoms with Crippen molar-refractivity contribution in [3.05, 3.63) is 59.4 Å². The SMILES string of the molecule is Fc1[c]c(Oc2c(F)c(F)cc(F)c2F)ccc1. The average molecular weight is 259 g/mol. The topological polar surface area (TPSA) is 9.23 Å². The molecular weight excluding hydrogens is 255 g/mol. The van der Waals surface area contributed by atoms with E-state index >= 15 is 0 Å². The highest BCUT2D eigenvalue weighted by molar-refractivity contribution is 5.34. The van der Waals surface area contributed by atoms with Crippen LogP contribution in [0.15, 0.2) is 24.3 Å². The van der Waals surface area contributed by atoms with Crippen LogP contribution in [0, 0.1) is 35.2 Å². The molecule has 0 fully saturated rings. The molecule has 1 radical (unpaired) electrons. The quantitative estimate of drug-likeness (QED) is 0.585. The van der Waals surface area contributed by atoms with Crippen molar-refractivity contribution in [2.75, 3.05) is 0 Å². The smallest absolute Gasteiger partial charge is 0.204 e. The first-order chi connectivity index (χ1) is 8.49. The Morgan fingerprint density at radius 2 is 1.50 bits per heavy atom. The Morgan fingerprint density at radius 3 is 2.06 bits per heavy atom. The Bertz CT molecular complexity index is 571. The summed E-state index contributed by atoms with van der Waals surface area (Å²) in [6.45, 7) is 0. The summed E-state index contributed by atoms with van der Waals surface area (Å²) >= 11 is 0. The maximum Gasteiger partial charge on any atom is 0.204 e. The second-order valence-corrected chi connectivity index (χ2v) is 3.26. The molecule has 2 aromatic rings. The van der Waals surface area contributed by atoms with Crippen molar-refractivity contribution in [3.8, 4) is 11.5 Å². The molecule has 2 rings (SSSR count). The fourth-order valence-electron chi connectivity index (χ4n) is 1.23. The minimum Gasteiger partial charge on any atom is -0.450 e. The highest BCUT2D eigenvalue weighted by Gasteiger charge is 2.21. The van der Waals surface area contributed by atoms with Crippen LogP contribution >= 0.6 is 0 Å². The lowest BCUT2D eigenvalue weighted by molar-refractivity contribution is 0.364. The van der Waals surface area contributed by atoms with E-state index < -0.39 is 40.6 Å². The predicted molar refractivity (Wildman–Crippen MR) is 51.6 cm³/mol.